The zero-order chi connectivity index (χ0) is 7.49. The van der Waals surface area contributed by atoms with E-state index in [1.165, 1.54) is 0 Å². The summed E-state index contributed by atoms with van der Waals surface area (Å²) in [6.07, 6.45) is 0.767. The van der Waals surface area contributed by atoms with E-state index in [1.807, 2.05) is 20.8 Å². The molecule has 2 N–H and O–H groups in total. The van der Waals surface area contributed by atoms with Crippen LogP contribution in [0.15, 0.2) is 0 Å². The third kappa shape index (κ3) is 3.99. The normalized spacial score (nSPS) is 14.6. The third-order valence-corrected chi connectivity index (χ3v) is 1.13. The van der Waals surface area contributed by atoms with Crippen LogP contribution in [0, 0.1) is 16.7 Å². The zero-order valence-electron chi connectivity index (χ0n) is 6.31. The molecule has 0 saturated carbocycles. The first-order valence-electron chi connectivity index (χ1n) is 3.15. The van der Waals surface area contributed by atoms with Gasteiger partial charge >= 0.3 is 0 Å². The van der Waals surface area contributed by atoms with Gasteiger partial charge in [-0.1, -0.05) is 0 Å². The van der Waals surface area contributed by atoms with Crippen molar-refractivity contribution >= 4 is 0 Å². The molecule has 0 aromatic carbocycles. The number of nitrogens with two attached hydrogens (primary N) is 1. The molecule has 0 saturated heterocycles. The van der Waals surface area contributed by atoms with Gasteiger partial charge in [-0.3, -0.25) is 0 Å². The fourth-order valence-electron chi connectivity index (χ4n) is 0.851. The molecule has 9 heavy (non-hydrogen) atoms. The molecular formula is C7H14N2. The number of nitrogens with zero attached hydrogens (tertiary/aromatic N) is 1. The molecule has 0 radical (unpaired) electrons. The van der Waals surface area contributed by atoms with Gasteiger partial charge in [0.25, 0.3) is 0 Å². The molecule has 0 aliphatic carbocycles. The SMILES string of the molecule is CC(N)CC(C)(C)C#N. The van der Waals surface area contributed by atoms with Gasteiger partial charge in [-0.05, 0) is 27.2 Å². The first-order valence-corrected chi connectivity index (χ1v) is 3.15. The molecule has 0 bridgehead atoms. The highest BCUT2D eigenvalue weighted by Crippen LogP contribution is 2.19. The van der Waals surface area contributed by atoms with Gasteiger partial charge in [-0.15, -0.1) is 0 Å². The molecule has 0 heterocycles. The van der Waals surface area contributed by atoms with Crippen LogP contribution in [-0.2, 0) is 0 Å². The molecule has 0 fully saturated rings. The predicted octanol–water partition coefficient (Wildman–Crippen LogP) is 1.27. The molecule has 0 aliphatic heterocycles. The van der Waals surface area contributed by atoms with Gasteiger partial charge in [0, 0.05) is 6.04 Å². The molecular weight excluding hydrogens is 112 g/mol. The van der Waals surface area contributed by atoms with E-state index in [4.69, 9.17) is 11.0 Å². The largest absolute Gasteiger partial charge is 0.328 e. The van der Waals surface area contributed by atoms with E-state index < -0.39 is 0 Å². The van der Waals surface area contributed by atoms with Crippen molar-refractivity contribution in [1.29, 1.82) is 5.26 Å². The van der Waals surface area contributed by atoms with Crippen LogP contribution in [0.4, 0.5) is 0 Å². The van der Waals surface area contributed by atoms with Crippen molar-refractivity contribution in [2.45, 2.75) is 33.2 Å². The molecule has 1 unspecified atom stereocenters. The minimum atomic E-state index is -0.256. The lowest BCUT2D eigenvalue weighted by atomic mass is 9.88. The van der Waals surface area contributed by atoms with Crippen LogP contribution in [-0.4, -0.2) is 6.04 Å². The second-order valence-electron chi connectivity index (χ2n) is 3.18. The Hall–Kier alpha value is -0.550. The number of hydrogen-bond donors (Lipinski definition) is 1. The van der Waals surface area contributed by atoms with Gasteiger partial charge in [-0.2, -0.15) is 5.26 Å². The summed E-state index contributed by atoms with van der Waals surface area (Å²) < 4.78 is 0. The van der Waals surface area contributed by atoms with Crippen molar-refractivity contribution in [3.05, 3.63) is 0 Å². The Morgan fingerprint density at radius 3 is 2.22 bits per heavy atom. The lowest BCUT2D eigenvalue weighted by Gasteiger charge is -2.16. The first kappa shape index (κ1) is 8.45. The Morgan fingerprint density at radius 1 is 1.67 bits per heavy atom. The van der Waals surface area contributed by atoms with E-state index in [9.17, 15) is 0 Å². The number of nitriles is 1. The molecule has 2 nitrogen and oxygen atoms in total. The Morgan fingerprint density at radius 2 is 2.11 bits per heavy atom. The minimum Gasteiger partial charge on any atom is -0.328 e. The quantitative estimate of drug-likeness (QED) is 0.605. The summed E-state index contributed by atoms with van der Waals surface area (Å²) in [5, 5.41) is 8.54. The summed E-state index contributed by atoms with van der Waals surface area (Å²) in [7, 11) is 0. The van der Waals surface area contributed by atoms with Crippen LogP contribution in [0.25, 0.3) is 0 Å². The summed E-state index contributed by atoms with van der Waals surface area (Å²) in [6.45, 7) is 5.71. The predicted molar refractivity (Wildman–Crippen MR) is 37.7 cm³/mol. The van der Waals surface area contributed by atoms with E-state index >= 15 is 0 Å². The van der Waals surface area contributed by atoms with Gasteiger partial charge in [0.05, 0.1) is 11.5 Å². The molecule has 2 heteroatoms. The molecule has 0 aromatic heterocycles. The first-order chi connectivity index (χ1) is 3.98. The maximum absolute atomic E-state index is 8.54. The molecule has 52 valence electrons. The molecule has 0 rings (SSSR count). The summed E-state index contributed by atoms with van der Waals surface area (Å²) >= 11 is 0. The van der Waals surface area contributed by atoms with Gasteiger partial charge in [0.2, 0.25) is 0 Å². The lowest BCUT2D eigenvalue weighted by Crippen LogP contribution is -2.23. The topological polar surface area (TPSA) is 49.8 Å². The smallest absolute Gasteiger partial charge is 0.0684 e. The fourth-order valence-corrected chi connectivity index (χ4v) is 0.851. The average molecular weight is 126 g/mol. The number of hydrogen-bond acceptors (Lipinski definition) is 2. The monoisotopic (exact) mass is 126 g/mol. The summed E-state index contributed by atoms with van der Waals surface area (Å²) in [5.74, 6) is 0. The highest BCUT2D eigenvalue weighted by molar-refractivity contribution is 4.93. The van der Waals surface area contributed by atoms with E-state index in [-0.39, 0.29) is 11.5 Å². The van der Waals surface area contributed by atoms with E-state index in [0.29, 0.717) is 0 Å². The maximum atomic E-state index is 8.54. The average Bonchev–Trinajstić information content (AvgIpc) is 1.63. The van der Waals surface area contributed by atoms with E-state index in [2.05, 4.69) is 6.07 Å². The Bertz CT molecular complexity index is 119. The third-order valence-electron chi connectivity index (χ3n) is 1.13. The zero-order valence-corrected chi connectivity index (χ0v) is 6.31. The maximum Gasteiger partial charge on any atom is 0.0684 e. The van der Waals surface area contributed by atoms with Crippen LogP contribution < -0.4 is 5.73 Å². The highest BCUT2D eigenvalue weighted by Gasteiger charge is 2.17. The second-order valence-corrected chi connectivity index (χ2v) is 3.18. The standard InChI is InChI=1S/C7H14N2/c1-6(9)4-7(2,3)5-8/h6H,4,9H2,1-3H3. The van der Waals surface area contributed by atoms with E-state index in [0.717, 1.165) is 6.42 Å². The molecule has 0 spiro atoms. The van der Waals surface area contributed by atoms with Gasteiger partial charge in [0.1, 0.15) is 0 Å². The summed E-state index contributed by atoms with van der Waals surface area (Å²) in [4.78, 5) is 0. The van der Waals surface area contributed by atoms with Gasteiger partial charge < -0.3 is 5.73 Å². The molecule has 0 amide bonds. The summed E-state index contributed by atoms with van der Waals surface area (Å²) in [6, 6.07) is 2.32. The van der Waals surface area contributed by atoms with Gasteiger partial charge in [0.15, 0.2) is 0 Å². The van der Waals surface area contributed by atoms with Crippen molar-refractivity contribution in [2.75, 3.05) is 0 Å². The van der Waals surface area contributed by atoms with Crippen LogP contribution in [0.5, 0.6) is 0 Å². The van der Waals surface area contributed by atoms with Crippen LogP contribution in [0.3, 0.4) is 0 Å². The van der Waals surface area contributed by atoms with Crippen molar-refractivity contribution in [3.63, 3.8) is 0 Å². The van der Waals surface area contributed by atoms with Crippen molar-refractivity contribution in [2.24, 2.45) is 11.1 Å². The van der Waals surface area contributed by atoms with Gasteiger partial charge in [-0.25, -0.2) is 0 Å². The Kier molecular flexibility index (Phi) is 2.66. The number of rotatable bonds is 2. The van der Waals surface area contributed by atoms with E-state index in [1.54, 1.807) is 0 Å². The van der Waals surface area contributed by atoms with Crippen LogP contribution in [0.2, 0.25) is 0 Å². The molecule has 0 aromatic rings. The van der Waals surface area contributed by atoms with Crippen molar-refractivity contribution in [3.8, 4) is 6.07 Å². The molecule has 1 atom stereocenters. The lowest BCUT2D eigenvalue weighted by molar-refractivity contribution is 0.413. The Labute approximate surface area is 56.7 Å². The minimum absolute atomic E-state index is 0.125. The van der Waals surface area contributed by atoms with Crippen LogP contribution in [0.1, 0.15) is 27.2 Å². The summed E-state index contributed by atoms with van der Waals surface area (Å²) in [5.41, 5.74) is 5.25. The fraction of sp³-hybridized carbons (Fsp3) is 0.857. The highest BCUT2D eigenvalue weighted by atomic mass is 14.6. The van der Waals surface area contributed by atoms with Crippen molar-refractivity contribution < 1.29 is 0 Å². The second kappa shape index (κ2) is 2.84. The van der Waals surface area contributed by atoms with Crippen molar-refractivity contribution in [1.82, 2.24) is 0 Å². The van der Waals surface area contributed by atoms with Crippen LogP contribution >= 0.6 is 0 Å². The molecule has 0 aliphatic rings. The Balaban J connectivity index is 3.76.